The quantitative estimate of drug-likeness (QED) is 0.234. The molecule has 0 spiro atoms. The summed E-state index contributed by atoms with van der Waals surface area (Å²) in [6.45, 7) is 3.98. The van der Waals surface area contributed by atoms with Crippen molar-refractivity contribution in [1.29, 1.82) is 0 Å². The SMILES string of the molecule is CCCN1C(=O)C2CC=C3C(CC4C(=O)N(Nc5ccc(C)cc5)C(=O)C4(c4ccccc4)C3c3cc(OC(F)(F)F)ccc3O)C2C1=O. The van der Waals surface area contributed by atoms with Gasteiger partial charge in [0.25, 0.3) is 11.8 Å². The summed E-state index contributed by atoms with van der Waals surface area (Å²) in [7, 11) is 0. The number of phenols is 1. The average Bonchev–Trinajstić information content (AvgIpc) is 3.44. The van der Waals surface area contributed by atoms with Crippen LogP contribution in [-0.2, 0) is 24.6 Å². The summed E-state index contributed by atoms with van der Waals surface area (Å²) in [5, 5.41) is 12.4. The number of nitrogens with one attached hydrogen (secondary N) is 1. The number of carbonyl (C=O) groups excluding carboxylic acids is 4. The van der Waals surface area contributed by atoms with Gasteiger partial charge in [0.2, 0.25) is 11.8 Å². The lowest BCUT2D eigenvalue weighted by atomic mass is 9.49. The Balaban J connectivity index is 1.47. The van der Waals surface area contributed by atoms with E-state index in [-0.39, 0.29) is 36.8 Å². The third kappa shape index (κ3) is 5.07. The fourth-order valence-corrected chi connectivity index (χ4v) is 8.56. The number of carbonyl (C=O) groups is 4. The Morgan fingerprint density at radius 1 is 0.939 bits per heavy atom. The van der Waals surface area contributed by atoms with Crippen LogP contribution >= 0.6 is 0 Å². The average molecular weight is 674 g/mol. The molecule has 0 bridgehead atoms. The van der Waals surface area contributed by atoms with E-state index >= 15 is 4.79 Å². The van der Waals surface area contributed by atoms with Crippen LogP contribution in [0.25, 0.3) is 0 Å². The lowest BCUT2D eigenvalue weighted by molar-refractivity contribution is -0.274. The van der Waals surface area contributed by atoms with Crippen molar-refractivity contribution >= 4 is 29.3 Å². The minimum absolute atomic E-state index is 0.0214. The first-order chi connectivity index (χ1) is 23.4. The van der Waals surface area contributed by atoms with Gasteiger partial charge in [-0.1, -0.05) is 66.6 Å². The molecule has 3 aromatic carbocycles. The van der Waals surface area contributed by atoms with E-state index in [0.29, 0.717) is 23.2 Å². The van der Waals surface area contributed by atoms with Crippen molar-refractivity contribution in [2.45, 2.75) is 50.8 Å². The van der Waals surface area contributed by atoms with Crippen molar-refractivity contribution < 1.29 is 42.2 Å². The number of aromatic hydroxyl groups is 1. The molecule has 6 atom stereocenters. The molecule has 49 heavy (non-hydrogen) atoms. The Bertz CT molecular complexity index is 1880. The summed E-state index contributed by atoms with van der Waals surface area (Å²) in [6, 6.07) is 18.7. The smallest absolute Gasteiger partial charge is 0.508 e. The lowest BCUT2D eigenvalue weighted by Crippen LogP contribution is -2.53. The maximum atomic E-state index is 15.1. The van der Waals surface area contributed by atoms with Crippen LogP contribution in [-0.4, -0.2) is 51.6 Å². The maximum Gasteiger partial charge on any atom is 0.573 e. The number of hydrogen-bond acceptors (Lipinski definition) is 7. The number of likely N-dealkylation sites (tertiary alicyclic amines) is 1. The number of phenolic OH excluding ortho intramolecular Hbond substituents is 1. The zero-order valence-corrected chi connectivity index (χ0v) is 26.7. The molecule has 2 aliphatic heterocycles. The van der Waals surface area contributed by atoms with Crippen molar-refractivity contribution in [3.8, 4) is 11.5 Å². The monoisotopic (exact) mass is 673 g/mol. The summed E-state index contributed by atoms with van der Waals surface area (Å²) in [6.07, 6.45) is -2.54. The number of nitrogens with zero attached hydrogens (tertiary/aromatic N) is 2. The molecule has 3 aromatic rings. The van der Waals surface area contributed by atoms with E-state index < -0.39 is 64.7 Å². The van der Waals surface area contributed by atoms with Crippen LogP contribution in [0.5, 0.6) is 11.5 Å². The molecule has 2 saturated heterocycles. The molecule has 3 fully saturated rings. The molecule has 4 aliphatic rings. The van der Waals surface area contributed by atoms with E-state index in [4.69, 9.17) is 0 Å². The van der Waals surface area contributed by atoms with Crippen LogP contribution in [0.3, 0.4) is 0 Å². The van der Waals surface area contributed by atoms with E-state index in [0.717, 1.165) is 28.8 Å². The Morgan fingerprint density at radius 2 is 1.65 bits per heavy atom. The topological polar surface area (TPSA) is 116 Å². The Morgan fingerprint density at radius 3 is 2.33 bits per heavy atom. The Labute approximate surface area is 280 Å². The summed E-state index contributed by atoms with van der Waals surface area (Å²) in [5.74, 6) is -7.53. The number of hydrazine groups is 1. The first-order valence-corrected chi connectivity index (χ1v) is 16.3. The van der Waals surface area contributed by atoms with E-state index in [2.05, 4.69) is 10.2 Å². The minimum atomic E-state index is -5.05. The van der Waals surface area contributed by atoms with Gasteiger partial charge in [0.05, 0.1) is 28.9 Å². The van der Waals surface area contributed by atoms with Crippen molar-refractivity contribution in [3.63, 3.8) is 0 Å². The van der Waals surface area contributed by atoms with Crippen molar-refractivity contribution in [2.24, 2.45) is 23.7 Å². The predicted octanol–water partition coefficient (Wildman–Crippen LogP) is 5.99. The second-order valence-corrected chi connectivity index (χ2v) is 13.2. The molecule has 0 radical (unpaired) electrons. The van der Waals surface area contributed by atoms with E-state index in [9.17, 15) is 32.7 Å². The summed E-state index contributed by atoms with van der Waals surface area (Å²) in [4.78, 5) is 58.4. The van der Waals surface area contributed by atoms with Crippen LogP contribution < -0.4 is 10.2 Å². The number of aryl methyl sites for hydroxylation is 1. The molecule has 0 aromatic heterocycles. The van der Waals surface area contributed by atoms with Gasteiger partial charge in [0.1, 0.15) is 11.5 Å². The largest absolute Gasteiger partial charge is 0.573 e. The van der Waals surface area contributed by atoms with Crippen LogP contribution in [0.1, 0.15) is 48.8 Å². The number of fused-ring (bicyclic) bond motifs is 4. The number of imide groups is 2. The Hall–Kier alpha value is -5.13. The van der Waals surface area contributed by atoms with Crippen LogP contribution in [0.15, 0.2) is 84.4 Å². The second kappa shape index (κ2) is 11.8. The molecule has 2 N–H and O–H groups in total. The highest BCUT2D eigenvalue weighted by Crippen LogP contribution is 2.65. The number of halogens is 3. The third-order valence-electron chi connectivity index (χ3n) is 10.5. The van der Waals surface area contributed by atoms with Crippen molar-refractivity contribution in [2.75, 3.05) is 12.0 Å². The van der Waals surface area contributed by atoms with Gasteiger partial charge in [0, 0.05) is 18.0 Å². The zero-order valence-electron chi connectivity index (χ0n) is 26.7. The lowest BCUT2D eigenvalue weighted by Gasteiger charge is -2.50. The number of allylic oxidation sites excluding steroid dienone is 2. The molecule has 1 saturated carbocycles. The summed E-state index contributed by atoms with van der Waals surface area (Å²) in [5.41, 5.74) is 3.48. The molecule has 12 heteroatoms. The number of hydrogen-bond donors (Lipinski definition) is 2. The van der Waals surface area contributed by atoms with Gasteiger partial charge in [-0.15, -0.1) is 13.2 Å². The number of amides is 4. The Kier molecular flexibility index (Phi) is 7.79. The first-order valence-electron chi connectivity index (χ1n) is 16.3. The number of benzene rings is 3. The van der Waals surface area contributed by atoms with Gasteiger partial charge in [-0.2, -0.15) is 5.01 Å². The molecule has 9 nitrogen and oxygen atoms in total. The second-order valence-electron chi connectivity index (χ2n) is 13.2. The normalized spacial score (nSPS) is 27.9. The van der Waals surface area contributed by atoms with E-state index in [1.807, 2.05) is 26.0 Å². The van der Waals surface area contributed by atoms with Gasteiger partial charge < -0.3 is 9.84 Å². The maximum absolute atomic E-state index is 15.1. The molecular formula is C37H34F3N3O6. The molecule has 2 heterocycles. The van der Waals surface area contributed by atoms with Crippen molar-refractivity contribution in [3.05, 3.63) is 101 Å². The van der Waals surface area contributed by atoms with Gasteiger partial charge in [-0.05, 0) is 68.0 Å². The van der Waals surface area contributed by atoms with E-state index in [1.165, 1.54) is 4.90 Å². The van der Waals surface area contributed by atoms with Crippen LogP contribution in [0.4, 0.5) is 18.9 Å². The molecular weight excluding hydrogens is 639 g/mol. The van der Waals surface area contributed by atoms with Crippen LogP contribution in [0, 0.1) is 30.6 Å². The highest BCUT2D eigenvalue weighted by Gasteiger charge is 2.70. The predicted molar refractivity (Wildman–Crippen MR) is 171 cm³/mol. The highest BCUT2D eigenvalue weighted by atomic mass is 19.4. The highest BCUT2D eigenvalue weighted by molar-refractivity contribution is 6.13. The number of alkyl halides is 3. The van der Waals surface area contributed by atoms with Gasteiger partial charge in [-0.3, -0.25) is 29.5 Å². The molecule has 6 unspecified atom stereocenters. The van der Waals surface area contributed by atoms with Gasteiger partial charge in [-0.25, -0.2) is 0 Å². The molecule has 2 aliphatic carbocycles. The first kappa shape index (κ1) is 32.4. The van der Waals surface area contributed by atoms with E-state index in [1.54, 1.807) is 48.5 Å². The molecule has 7 rings (SSSR count). The molecule has 4 amide bonds. The van der Waals surface area contributed by atoms with Gasteiger partial charge >= 0.3 is 6.36 Å². The number of anilines is 1. The van der Waals surface area contributed by atoms with Crippen LogP contribution in [0.2, 0.25) is 0 Å². The summed E-state index contributed by atoms with van der Waals surface area (Å²) >= 11 is 0. The number of rotatable bonds is 7. The standard InChI is InChI=1S/C37H34F3N3O6/c1-3-17-42-32(45)25-15-14-24-26(30(25)34(42)47)19-28-33(46)43(41-22-11-9-20(2)10-12-22)35(48)36(28,21-7-5-4-6-8-21)31(24)27-18-23(13-16-29(27)44)49-37(38,39)40/h4-14,16,18,25-26,28,30-31,41,44H,3,15,17,19H2,1-2H3. The molecule has 254 valence electrons. The zero-order chi connectivity index (χ0) is 34.8. The van der Waals surface area contributed by atoms with Crippen molar-refractivity contribution in [1.82, 2.24) is 9.91 Å². The number of ether oxygens (including phenoxy) is 1. The minimum Gasteiger partial charge on any atom is -0.508 e. The third-order valence-corrected chi connectivity index (χ3v) is 10.5. The summed E-state index contributed by atoms with van der Waals surface area (Å²) < 4.78 is 44.7. The fourth-order valence-electron chi connectivity index (χ4n) is 8.56. The fraction of sp³-hybridized carbons (Fsp3) is 0.351. The van der Waals surface area contributed by atoms with Gasteiger partial charge in [0.15, 0.2) is 0 Å².